The van der Waals surface area contributed by atoms with E-state index in [0.29, 0.717) is 30.4 Å². The molecule has 0 aliphatic carbocycles. The molecule has 2 atom stereocenters. The zero-order chi connectivity index (χ0) is 14.3. The molecule has 1 N–H and O–H groups in total. The highest BCUT2D eigenvalue weighted by Gasteiger charge is 2.37. The third-order valence-corrected chi connectivity index (χ3v) is 4.25. The van der Waals surface area contributed by atoms with E-state index >= 15 is 0 Å². The number of carboxylic acid groups (broad SMARTS) is 1. The number of halogens is 1. The first kappa shape index (κ1) is 13.0. The Morgan fingerprint density at radius 2 is 2.20 bits per heavy atom. The molecule has 2 unspecified atom stereocenters. The van der Waals surface area contributed by atoms with Crippen LogP contribution in [0.15, 0.2) is 12.3 Å². The molecule has 1 saturated heterocycles. The summed E-state index contributed by atoms with van der Waals surface area (Å²) < 4.78 is 13.2. The summed E-state index contributed by atoms with van der Waals surface area (Å²) >= 11 is 0. The number of rotatable bonds is 1. The van der Waals surface area contributed by atoms with Crippen LogP contribution in [0.4, 0.5) is 4.39 Å². The first-order valence-corrected chi connectivity index (χ1v) is 6.74. The number of aryl methyl sites for hydroxylation is 1. The Morgan fingerprint density at radius 1 is 1.40 bits per heavy atom. The fourth-order valence-corrected chi connectivity index (χ4v) is 3.12. The molecule has 2 aliphatic heterocycles. The van der Waals surface area contributed by atoms with Crippen LogP contribution < -0.4 is 0 Å². The van der Waals surface area contributed by atoms with Crippen molar-refractivity contribution in [3.05, 3.63) is 29.3 Å². The van der Waals surface area contributed by atoms with Crippen molar-refractivity contribution in [2.24, 2.45) is 5.92 Å². The predicted molar refractivity (Wildman–Crippen MR) is 67.7 cm³/mol. The summed E-state index contributed by atoms with van der Waals surface area (Å²) in [5.74, 6) is -2.18. The summed E-state index contributed by atoms with van der Waals surface area (Å²) in [5, 5.41) is 9.12. The maximum Gasteiger partial charge on any atom is 0.308 e. The topological polar surface area (TPSA) is 70.5 Å². The number of carbonyl (C=O) groups excluding carboxylic acids is 1. The number of carbonyl (C=O) groups is 2. The van der Waals surface area contributed by atoms with Crippen molar-refractivity contribution in [2.45, 2.75) is 31.7 Å². The van der Waals surface area contributed by atoms with Gasteiger partial charge < -0.3 is 10.0 Å². The van der Waals surface area contributed by atoms with Gasteiger partial charge in [0.2, 0.25) is 5.95 Å². The van der Waals surface area contributed by atoms with Crippen LogP contribution in [0.25, 0.3) is 0 Å². The van der Waals surface area contributed by atoms with Crippen molar-refractivity contribution in [3.63, 3.8) is 0 Å². The number of nitrogens with zero attached hydrogens (tertiary/aromatic N) is 2. The van der Waals surface area contributed by atoms with Crippen molar-refractivity contribution in [2.75, 3.05) is 6.54 Å². The van der Waals surface area contributed by atoms with Crippen molar-refractivity contribution in [1.82, 2.24) is 9.88 Å². The lowest BCUT2D eigenvalue weighted by atomic mass is 9.91. The van der Waals surface area contributed by atoms with Gasteiger partial charge in [0.25, 0.3) is 5.91 Å². The Morgan fingerprint density at radius 3 is 2.95 bits per heavy atom. The van der Waals surface area contributed by atoms with Gasteiger partial charge in [-0.15, -0.1) is 0 Å². The van der Waals surface area contributed by atoms with Crippen LogP contribution in [-0.4, -0.2) is 39.5 Å². The first-order valence-electron chi connectivity index (χ1n) is 6.74. The van der Waals surface area contributed by atoms with Crippen LogP contribution in [0.2, 0.25) is 0 Å². The van der Waals surface area contributed by atoms with E-state index in [4.69, 9.17) is 5.11 Å². The van der Waals surface area contributed by atoms with Gasteiger partial charge in [0.15, 0.2) is 0 Å². The average Bonchev–Trinajstić information content (AvgIpc) is 2.56. The molecule has 2 aliphatic rings. The monoisotopic (exact) mass is 278 g/mol. The largest absolute Gasteiger partial charge is 0.481 e. The molecule has 0 aromatic carbocycles. The van der Waals surface area contributed by atoms with Crippen LogP contribution in [0.5, 0.6) is 0 Å². The smallest absolute Gasteiger partial charge is 0.308 e. The normalized spacial score (nSPS) is 25.6. The van der Waals surface area contributed by atoms with E-state index in [-0.39, 0.29) is 18.5 Å². The van der Waals surface area contributed by atoms with Gasteiger partial charge in [-0.25, -0.2) is 4.98 Å². The Kier molecular flexibility index (Phi) is 3.16. The Labute approximate surface area is 115 Å². The third kappa shape index (κ3) is 2.15. The van der Waals surface area contributed by atoms with Crippen LogP contribution in [0.1, 0.15) is 35.2 Å². The second-order valence-corrected chi connectivity index (χ2v) is 5.43. The molecule has 0 spiro atoms. The Bertz CT molecular complexity index is 576. The molecule has 0 radical (unpaired) electrons. The minimum absolute atomic E-state index is 0.0496. The molecule has 6 heteroatoms. The van der Waals surface area contributed by atoms with Crippen LogP contribution in [0, 0.1) is 11.9 Å². The van der Waals surface area contributed by atoms with E-state index in [1.165, 1.54) is 12.3 Å². The predicted octanol–water partition coefficient (Wildman–Crippen LogP) is 1.47. The number of piperidine rings is 1. The molecule has 1 amide bonds. The zero-order valence-corrected chi connectivity index (χ0v) is 10.9. The van der Waals surface area contributed by atoms with Gasteiger partial charge in [0.05, 0.1) is 11.5 Å². The molecule has 0 bridgehead atoms. The Balaban J connectivity index is 1.93. The number of hydrogen-bond donors (Lipinski definition) is 1. The van der Waals surface area contributed by atoms with E-state index in [9.17, 15) is 14.0 Å². The lowest BCUT2D eigenvalue weighted by molar-refractivity contribution is -0.143. The number of pyridine rings is 1. The van der Waals surface area contributed by atoms with Gasteiger partial charge in [0.1, 0.15) is 0 Å². The number of amides is 1. The molecular formula is C14H15FN2O3. The van der Waals surface area contributed by atoms with E-state index in [1.54, 1.807) is 4.90 Å². The molecule has 3 rings (SSSR count). The first-order chi connectivity index (χ1) is 9.56. The minimum atomic E-state index is -0.863. The van der Waals surface area contributed by atoms with Gasteiger partial charge in [-0.1, -0.05) is 0 Å². The van der Waals surface area contributed by atoms with Crippen LogP contribution in [0.3, 0.4) is 0 Å². The summed E-state index contributed by atoms with van der Waals surface area (Å²) in [6.07, 6.45) is 3.91. The number of aromatic nitrogens is 1. The van der Waals surface area contributed by atoms with E-state index in [2.05, 4.69) is 4.98 Å². The van der Waals surface area contributed by atoms with Gasteiger partial charge in [-0.05, 0) is 37.3 Å². The lowest BCUT2D eigenvalue weighted by Gasteiger charge is -2.37. The highest BCUT2D eigenvalue weighted by Crippen LogP contribution is 2.30. The average molecular weight is 278 g/mol. The fourth-order valence-electron chi connectivity index (χ4n) is 3.12. The third-order valence-electron chi connectivity index (χ3n) is 4.25. The van der Waals surface area contributed by atoms with Crippen LogP contribution in [-0.2, 0) is 11.2 Å². The molecule has 106 valence electrons. The van der Waals surface area contributed by atoms with E-state index < -0.39 is 17.8 Å². The highest BCUT2D eigenvalue weighted by atomic mass is 19.1. The van der Waals surface area contributed by atoms with Crippen LogP contribution >= 0.6 is 0 Å². The number of aliphatic carboxylic acids is 1. The fraction of sp³-hybridized carbons (Fsp3) is 0.500. The SMILES string of the molecule is O=C(O)C1CCC2CCc3cc(F)ncc3C(=O)N2C1. The molecular weight excluding hydrogens is 263 g/mol. The van der Waals surface area contributed by atoms with Gasteiger partial charge >= 0.3 is 5.97 Å². The maximum atomic E-state index is 13.2. The lowest BCUT2D eigenvalue weighted by Crippen LogP contribution is -2.47. The Hall–Kier alpha value is -1.98. The molecule has 1 aromatic rings. The summed E-state index contributed by atoms with van der Waals surface area (Å²) in [7, 11) is 0. The molecule has 3 heterocycles. The van der Waals surface area contributed by atoms with E-state index in [1.807, 2.05) is 0 Å². The molecule has 20 heavy (non-hydrogen) atoms. The number of carboxylic acids is 1. The van der Waals surface area contributed by atoms with Crippen molar-refractivity contribution in [3.8, 4) is 0 Å². The standard InChI is InChI=1S/C14H15FN2O3/c15-12-5-8-1-3-10-4-2-9(14(19)20)7-17(10)13(18)11(8)6-16-12/h5-6,9-10H,1-4,7H2,(H,19,20). The van der Waals surface area contributed by atoms with Crippen molar-refractivity contribution < 1.29 is 19.1 Å². The zero-order valence-electron chi connectivity index (χ0n) is 10.9. The molecule has 0 saturated carbocycles. The summed E-state index contributed by atoms with van der Waals surface area (Å²) in [6.45, 7) is 0.232. The van der Waals surface area contributed by atoms with Crippen molar-refractivity contribution in [1.29, 1.82) is 0 Å². The highest BCUT2D eigenvalue weighted by molar-refractivity contribution is 5.96. The van der Waals surface area contributed by atoms with E-state index in [0.717, 1.165) is 6.42 Å². The van der Waals surface area contributed by atoms with Gasteiger partial charge in [-0.3, -0.25) is 9.59 Å². The van der Waals surface area contributed by atoms with Gasteiger partial charge in [-0.2, -0.15) is 4.39 Å². The molecule has 1 aromatic heterocycles. The summed E-state index contributed by atoms with van der Waals surface area (Å²) in [4.78, 5) is 28.8. The second-order valence-electron chi connectivity index (χ2n) is 5.43. The molecule has 5 nitrogen and oxygen atoms in total. The summed E-state index contributed by atoms with van der Waals surface area (Å²) in [6, 6.07) is 1.36. The number of fused-ring (bicyclic) bond motifs is 2. The number of hydrogen-bond acceptors (Lipinski definition) is 3. The second kappa shape index (κ2) is 4.85. The minimum Gasteiger partial charge on any atom is -0.481 e. The maximum absolute atomic E-state index is 13.2. The van der Waals surface area contributed by atoms with Gasteiger partial charge in [0, 0.05) is 18.8 Å². The quantitative estimate of drug-likeness (QED) is 0.790. The van der Waals surface area contributed by atoms with Crippen molar-refractivity contribution >= 4 is 11.9 Å². The summed E-state index contributed by atoms with van der Waals surface area (Å²) in [5.41, 5.74) is 1.07. The molecule has 1 fully saturated rings.